The van der Waals surface area contributed by atoms with Gasteiger partial charge in [-0.25, -0.2) is 5.43 Å². The molecule has 6 heteroatoms. The summed E-state index contributed by atoms with van der Waals surface area (Å²) in [4.78, 5) is 2.53. The van der Waals surface area contributed by atoms with E-state index in [2.05, 4.69) is 58.2 Å². The lowest BCUT2D eigenvalue weighted by molar-refractivity contribution is 0.0643. The fraction of sp³-hybridized carbons (Fsp3) is 0.500. The van der Waals surface area contributed by atoms with Crippen LogP contribution in [-0.4, -0.2) is 51.5 Å². The van der Waals surface area contributed by atoms with E-state index >= 15 is 0 Å². The van der Waals surface area contributed by atoms with Crippen LogP contribution in [0.5, 0.6) is 11.5 Å². The number of rotatable bonds is 9. The van der Waals surface area contributed by atoms with Gasteiger partial charge >= 0.3 is 0 Å². The Balaban J connectivity index is 1.49. The molecule has 2 heterocycles. The second-order valence-corrected chi connectivity index (χ2v) is 8.19. The zero-order valence-electron chi connectivity index (χ0n) is 18.0. The predicted octanol–water partition coefficient (Wildman–Crippen LogP) is 3.15. The van der Waals surface area contributed by atoms with Gasteiger partial charge in [0.05, 0.1) is 26.4 Å². The molecule has 0 radical (unpaired) electrons. The summed E-state index contributed by atoms with van der Waals surface area (Å²) in [6.07, 6.45) is 2.63. The maximum Gasteiger partial charge on any atom is 0.161 e. The highest BCUT2D eigenvalue weighted by Crippen LogP contribution is 2.30. The average Bonchev–Trinajstić information content (AvgIpc) is 3.46. The van der Waals surface area contributed by atoms with Crippen molar-refractivity contribution in [3.8, 4) is 11.5 Å². The molecule has 2 aliphatic rings. The molecule has 0 spiro atoms. The molecule has 0 amide bonds. The third kappa shape index (κ3) is 5.13. The highest BCUT2D eigenvalue weighted by atomic mass is 16.5. The molecule has 3 atom stereocenters. The molecule has 2 fully saturated rings. The summed E-state index contributed by atoms with van der Waals surface area (Å²) in [6, 6.07) is 17.2. The Morgan fingerprint density at radius 3 is 2.60 bits per heavy atom. The van der Waals surface area contributed by atoms with Gasteiger partial charge in [0.1, 0.15) is 0 Å². The van der Waals surface area contributed by atoms with Gasteiger partial charge in [0.15, 0.2) is 11.5 Å². The lowest BCUT2D eigenvalue weighted by atomic mass is 9.94. The normalized spacial score (nSPS) is 23.8. The summed E-state index contributed by atoms with van der Waals surface area (Å²) in [6.45, 7) is 4.64. The van der Waals surface area contributed by atoms with Gasteiger partial charge < -0.3 is 14.2 Å². The Kier molecular flexibility index (Phi) is 7.23. The number of nitrogens with one attached hydrogen (secondary N) is 2. The van der Waals surface area contributed by atoms with Gasteiger partial charge in [-0.3, -0.25) is 10.3 Å². The SMILES string of the molecule is COc1ccc(CN(CC2CCCO2)CC2CNNC2c2ccccc2)cc1OC. The monoisotopic (exact) mass is 411 g/mol. The number of benzene rings is 2. The molecule has 0 aliphatic carbocycles. The van der Waals surface area contributed by atoms with Crippen molar-refractivity contribution in [1.82, 2.24) is 15.8 Å². The number of methoxy groups -OCH3 is 2. The van der Waals surface area contributed by atoms with E-state index < -0.39 is 0 Å². The lowest BCUT2D eigenvalue weighted by Crippen LogP contribution is -2.37. The van der Waals surface area contributed by atoms with E-state index in [4.69, 9.17) is 14.2 Å². The van der Waals surface area contributed by atoms with Gasteiger partial charge in [0.25, 0.3) is 0 Å². The molecule has 3 unspecified atom stereocenters. The minimum Gasteiger partial charge on any atom is -0.493 e. The molecule has 0 saturated carbocycles. The molecule has 2 aromatic rings. The van der Waals surface area contributed by atoms with Gasteiger partial charge in [0.2, 0.25) is 0 Å². The molecule has 162 valence electrons. The minimum absolute atomic E-state index is 0.309. The number of ether oxygens (including phenoxy) is 3. The van der Waals surface area contributed by atoms with Crippen LogP contribution in [0.1, 0.15) is 30.0 Å². The van der Waals surface area contributed by atoms with Crippen molar-refractivity contribution >= 4 is 0 Å². The second-order valence-electron chi connectivity index (χ2n) is 8.19. The van der Waals surface area contributed by atoms with Crippen LogP contribution < -0.4 is 20.3 Å². The summed E-state index contributed by atoms with van der Waals surface area (Å²) in [5.74, 6) is 2.02. The van der Waals surface area contributed by atoms with E-state index in [1.165, 1.54) is 11.1 Å². The molecular weight excluding hydrogens is 378 g/mol. The Morgan fingerprint density at radius 1 is 1.03 bits per heavy atom. The first-order valence-electron chi connectivity index (χ1n) is 10.8. The van der Waals surface area contributed by atoms with Crippen LogP contribution in [-0.2, 0) is 11.3 Å². The van der Waals surface area contributed by atoms with E-state index in [-0.39, 0.29) is 0 Å². The highest BCUT2D eigenvalue weighted by Gasteiger charge is 2.31. The van der Waals surface area contributed by atoms with Crippen molar-refractivity contribution in [1.29, 1.82) is 0 Å². The zero-order valence-corrected chi connectivity index (χ0v) is 18.0. The highest BCUT2D eigenvalue weighted by molar-refractivity contribution is 5.42. The van der Waals surface area contributed by atoms with Crippen LogP contribution >= 0.6 is 0 Å². The smallest absolute Gasteiger partial charge is 0.161 e. The summed E-state index contributed by atoms with van der Waals surface area (Å²) in [5.41, 5.74) is 9.40. The third-order valence-corrected chi connectivity index (χ3v) is 6.08. The Hall–Kier alpha value is -2.12. The average molecular weight is 412 g/mol. The molecule has 0 bridgehead atoms. The number of hydrogen-bond acceptors (Lipinski definition) is 6. The van der Waals surface area contributed by atoms with Crippen molar-refractivity contribution in [3.63, 3.8) is 0 Å². The molecule has 0 aromatic heterocycles. The van der Waals surface area contributed by atoms with Gasteiger partial charge in [-0.15, -0.1) is 0 Å². The van der Waals surface area contributed by atoms with Crippen molar-refractivity contribution < 1.29 is 14.2 Å². The second kappa shape index (κ2) is 10.3. The molecule has 30 heavy (non-hydrogen) atoms. The first kappa shape index (κ1) is 21.1. The maximum absolute atomic E-state index is 5.96. The fourth-order valence-corrected chi connectivity index (χ4v) is 4.57. The Labute approximate surface area is 179 Å². The molecule has 4 rings (SSSR count). The third-order valence-electron chi connectivity index (χ3n) is 6.08. The van der Waals surface area contributed by atoms with E-state index in [1.54, 1.807) is 14.2 Å². The van der Waals surface area contributed by atoms with Crippen LogP contribution in [0.4, 0.5) is 0 Å². The van der Waals surface area contributed by atoms with Gasteiger partial charge in [-0.05, 0) is 36.1 Å². The molecule has 6 nitrogen and oxygen atoms in total. The summed E-state index contributed by atoms with van der Waals surface area (Å²) < 4.78 is 16.9. The van der Waals surface area contributed by atoms with Crippen LogP contribution in [0.15, 0.2) is 48.5 Å². The topological polar surface area (TPSA) is 55.0 Å². The fourth-order valence-electron chi connectivity index (χ4n) is 4.57. The van der Waals surface area contributed by atoms with E-state index in [0.29, 0.717) is 18.1 Å². The zero-order chi connectivity index (χ0) is 20.8. The minimum atomic E-state index is 0.309. The van der Waals surface area contributed by atoms with E-state index in [0.717, 1.165) is 57.1 Å². The van der Waals surface area contributed by atoms with Crippen LogP contribution in [0.3, 0.4) is 0 Å². The van der Waals surface area contributed by atoms with Crippen molar-refractivity contribution in [2.45, 2.75) is 31.5 Å². The molecular formula is C24H33N3O3. The van der Waals surface area contributed by atoms with Crippen molar-refractivity contribution in [3.05, 3.63) is 59.7 Å². The maximum atomic E-state index is 5.96. The number of hydrogen-bond donors (Lipinski definition) is 2. The first-order chi connectivity index (χ1) is 14.8. The van der Waals surface area contributed by atoms with Crippen LogP contribution in [0, 0.1) is 5.92 Å². The lowest BCUT2D eigenvalue weighted by Gasteiger charge is -2.30. The summed E-state index contributed by atoms with van der Waals surface area (Å²) in [5, 5.41) is 0. The van der Waals surface area contributed by atoms with Gasteiger partial charge in [0, 0.05) is 38.7 Å². The van der Waals surface area contributed by atoms with Crippen molar-refractivity contribution in [2.24, 2.45) is 5.92 Å². The summed E-state index contributed by atoms with van der Waals surface area (Å²) >= 11 is 0. The quantitative estimate of drug-likeness (QED) is 0.661. The molecule has 2 aromatic carbocycles. The van der Waals surface area contributed by atoms with Gasteiger partial charge in [-0.2, -0.15) is 0 Å². The largest absolute Gasteiger partial charge is 0.493 e. The van der Waals surface area contributed by atoms with Crippen LogP contribution in [0.2, 0.25) is 0 Å². The van der Waals surface area contributed by atoms with Crippen molar-refractivity contribution in [2.75, 3.05) is 40.5 Å². The molecule has 2 N–H and O–H groups in total. The van der Waals surface area contributed by atoms with Gasteiger partial charge in [-0.1, -0.05) is 36.4 Å². The predicted molar refractivity (Wildman–Crippen MR) is 118 cm³/mol. The summed E-state index contributed by atoms with van der Waals surface area (Å²) in [7, 11) is 3.36. The molecule has 2 aliphatic heterocycles. The van der Waals surface area contributed by atoms with E-state index in [1.807, 2.05) is 6.07 Å². The number of hydrazine groups is 1. The first-order valence-corrected chi connectivity index (χ1v) is 10.8. The Morgan fingerprint density at radius 2 is 1.87 bits per heavy atom. The molecule has 2 saturated heterocycles. The standard InChI is InChI=1S/C24H33N3O3/c1-28-22-11-10-18(13-23(22)29-2)15-27(17-21-9-6-12-30-21)16-20-14-25-26-24(20)19-7-4-3-5-8-19/h3-5,7-8,10-11,13,20-21,24-26H,6,9,12,14-17H2,1-2H3. The Bertz CT molecular complexity index is 796. The van der Waals surface area contributed by atoms with E-state index in [9.17, 15) is 0 Å². The number of nitrogens with zero attached hydrogens (tertiary/aromatic N) is 1. The van der Waals surface area contributed by atoms with Crippen LogP contribution in [0.25, 0.3) is 0 Å².